The number of hydrogen-bond donors (Lipinski definition) is 0. The molecular formula is C51H36N2. The van der Waals surface area contributed by atoms with Crippen molar-refractivity contribution in [1.82, 2.24) is 9.97 Å². The molecule has 0 N–H and O–H groups in total. The minimum atomic E-state index is -0.136. The third-order valence-electron chi connectivity index (χ3n) is 11.0. The predicted molar refractivity (Wildman–Crippen MR) is 222 cm³/mol. The van der Waals surface area contributed by atoms with Crippen LogP contribution in [0.3, 0.4) is 0 Å². The fourth-order valence-corrected chi connectivity index (χ4v) is 8.35. The SMILES string of the molecule is CC1(C)c2cc3ccccc3cc2-c2c(-c3cc(-c4cc(-c5ccccc5)nc(-c5ccccc5)n4)cc(-c4cccc5ccccc45)c3)cccc21. The molecule has 1 aliphatic carbocycles. The maximum atomic E-state index is 5.29. The molecule has 0 atom stereocenters. The van der Waals surface area contributed by atoms with E-state index in [1.54, 1.807) is 0 Å². The third kappa shape index (κ3) is 5.26. The van der Waals surface area contributed by atoms with Crippen molar-refractivity contribution >= 4 is 21.5 Å². The Kier molecular flexibility index (Phi) is 7.19. The Balaban J connectivity index is 1.26. The molecule has 9 aromatic rings. The molecular weight excluding hydrogens is 641 g/mol. The monoisotopic (exact) mass is 676 g/mol. The highest BCUT2D eigenvalue weighted by Crippen LogP contribution is 2.53. The Labute approximate surface area is 310 Å². The molecule has 2 nitrogen and oxygen atoms in total. The number of benzene rings is 8. The third-order valence-corrected chi connectivity index (χ3v) is 11.0. The molecule has 1 heterocycles. The Morgan fingerprint density at radius 1 is 0.358 bits per heavy atom. The highest BCUT2D eigenvalue weighted by molar-refractivity contribution is 6.01. The quantitative estimate of drug-likeness (QED) is 0.181. The zero-order chi connectivity index (χ0) is 35.5. The average molecular weight is 677 g/mol. The summed E-state index contributed by atoms with van der Waals surface area (Å²) in [5.74, 6) is 0.710. The number of fused-ring (bicyclic) bond motifs is 5. The molecule has 0 radical (unpaired) electrons. The van der Waals surface area contributed by atoms with Crippen LogP contribution in [0.4, 0.5) is 0 Å². The molecule has 0 unspecified atom stereocenters. The van der Waals surface area contributed by atoms with Crippen LogP contribution in [0.2, 0.25) is 0 Å². The van der Waals surface area contributed by atoms with Gasteiger partial charge in [-0.1, -0.05) is 159 Å². The summed E-state index contributed by atoms with van der Waals surface area (Å²) in [7, 11) is 0. The van der Waals surface area contributed by atoms with Crippen LogP contribution in [-0.4, -0.2) is 9.97 Å². The van der Waals surface area contributed by atoms with Crippen LogP contribution in [0.1, 0.15) is 25.0 Å². The zero-order valence-corrected chi connectivity index (χ0v) is 29.7. The molecule has 0 saturated heterocycles. The summed E-state index contributed by atoms with van der Waals surface area (Å²) in [5, 5.41) is 4.99. The van der Waals surface area contributed by atoms with E-state index in [1.807, 2.05) is 24.3 Å². The molecule has 10 rings (SSSR count). The van der Waals surface area contributed by atoms with Gasteiger partial charge in [-0.25, -0.2) is 9.97 Å². The smallest absolute Gasteiger partial charge is 0.160 e. The first-order valence-electron chi connectivity index (χ1n) is 18.3. The number of nitrogens with zero attached hydrogens (tertiary/aromatic N) is 2. The zero-order valence-electron chi connectivity index (χ0n) is 29.7. The number of hydrogen-bond acceptors (Lipinski definition) is 2. The molecule has 2 heteroatoms. The fourth-order valence-electron chi connectivity index (χ4n) is 8.35. The second-order valence-corrected chi connectivity index (χ2v) is 14.6. The summed E-state index contributed by atoms with van der Waals surface area (Å²) in [6.45, 7) is 4.73. The Morgan fingerprint density at radius 3 is 1.66 bits per heavy atom. The lowest BCUT2D eigenvalue weighted by Gasteiger charge is -2.22. The predicted octanol–water partition coefficient (Wildman–Crippen LogP) is 13.4. The van der Waals surface area contributed by atoms with Crippen LogP contribution in [0.5, 0.6) is 0 Å². The Hall–Kier alpha value is -6.64. The van der Waals surface area contributed by atoms with E-state index >= 15 is 0 Å². The van der Waals surface area contributed by atoms with Gasteiger partial charge in [-0.2, -0.15) is 0 Å². The lowest BCUT2D eigenvalue weighted by molar-refractivity contribution is 0.661. The topological polar surface area (TPSA) is 25.8 Å². The average Bonchev–Trinajstić information content (AvgIpc) is 3.45. The van der Waals surface area contributed by atoms with Crippen molar-refractivity contribution in [2.45, 2.75) is 19.3 Å². The standard InChI is InChI=1S/C51H36N2/c1-51(2)45-26-14-25-43(49(45)44-30-36-20-9-10-21-37(36)31-46(44)51)39-27-38(42-24-13-22-33-15-11-12-23-41(33)42)28-40(29-39)48-32-47(34-16-5-3-6-17-34)52-50(53-48)35-18-7-4-8-19-35/h3-32H,1-2H3. The van der Waals surface area contributed by atoms with E-state index in [9.17, 15) is 0 Å². The molecule has 0 saturated carbocycles. The van der Waals surface area contributed by atoms with Gasteiger partial charge in [0.15, 0.2) is 5.82 Å². The molecule has 250 valence electrons. The first kappa shape index (κ1) is 31.1. The lowest BCUT2D eigenvalue weighted by atomic mass is 9.81. The van der Waals surface area contributed by atoms with Crippen molar-refractivity contribution in [2.24, 2.45) is 0 Å². The first-order chi connectivity index (χ1) is 26.0. The van der Waals surface area contributed by atoms with Gasteiger partial charge in [-0.3, -0.25) is 0 Å². The molecule has 53 heavy (non-hydrogen) atoms. The summed E-state index contributed by atoms with van der Waals surface area (Å²) in [6, 6.07) is 65.6. The van der Waals surface area contributed by atoms with Gasteiger partial charge in [0.2, 0.25) is 0 Å². The van der Waals surface area contributed by atoms with Crippen LogP contribution in [-0.2, 0) is 5.41 Å². The summed E-state index contributed by atoms with van der Waals surface area (Å²) in [5.41, 5.74) is 14.9. The summed E-state index contributed by atoms with van der Waals surface area (Å²) < 4.78 is 0. The van der Waals surface area contributed by atoms with E-state index in [1.165, 1.54) is 60.5 Å². The normalized spacial score (nSPS) is 12.9. The minimum Gasteiger partial charge on any atom is -0.228 e. The highest BCUT2D eigenvalue weighted by Gasteiger charge is 2.37. The molecule has 0 fully saturated rings. The fraction of sp³-hybridized carbons (Fsp3) is 0.0588. The van der Waals surface area contributed by atoms with Crippen LogP contribution in [0, 0.1) is 0 Å². The Bertz CT molecular complexity index is 2790. The second-order valence-electron chi connectivity index (χ2n) is 14.6. The van der Waals surface area contributed by atoms with Gasteiger partial charge in [0.25, 0.3) is 0 Å². The van der Waals surface area contributed by atoms with E-state index in [4.69, 9.17) is 9.97 Å². The number of aromatic nitrogens is 2. The van der Waals surface area contributed by atoms with Crippen molar-refractivity contribution in [2.75, 3.05) is 0 Å². The van der Waals surface area contributed by atoms with Crippen LogP contribution < -0.4 is 0 Å². The molecule has 0 aliphatic heterocycles. The molecule has 0 amide bonds. The van der Waals surface area contributed by atoms with Crippen LogP contribution in [0.25, 0.3) is 88.8 Å². The maximum absolute atomic E-state index is 5.29. The summed E-state index contributed by atoms with van der Waals surface area (Å²) in [4.78, 5) is 10.4. The molecule has 0 bridgehead atoms. The largest absolute Gasteiger partial charge is 0.228 e. The van der Waals surface area contributed by atoms with Gasteiger partial charge in [-0.05, 0) is 102 Å². The van der Waals surface area contributed by atoms with Crippen molar-refractivity contribution in [1.29, 1.82) is 0 Å². The lowest BCUT2D eigenvalue weighted by Crippen LogP contribution is -2.14. The number of rotatable bonds is 5. The summed E-state index contributed by atoms with van der Waals surface area (Å²) >= 11 is 0. The molecule has 8 aromatic carbocycles. The van der Waals surface area contributed by atoms with E-state index in [2.05, 4.69) is 172 Å². The van der Waals surface area contributed by atoms with Crippen molar-refractivity contribution in [3.05, 3.63) is 193 Å². The van der Waals surface area contributed by atoms with Gasteiger partial charge in [0.05, 0.1) is 11.4 Å². The first-order valence-corrected chi connectivity index (χ1v) is 18.3. The van der Waals surface area contributed by atoms with Gasteiger partial charge in [-0.15, -0.1) is 0 Å². The van der Waals surface area contributed by atoms with Crippen molar-refractivity contribution in [3.8, 4) is 67.3 Å². The minimum absolute atomic E-state index is 0.136. The van der Waals surface area contributed by atoms with Crippen LogP contribution >= 0.6 is 0 Å². The van der Waals surface area contributed by atoms with Gasteiger partial charge < -0.3 is 0 Å². The van der Waals surface area contributed by atoms with E-state index in [0.717, 1.165) is 33.6 Å². The second kappa shape index (κ2) is 12.3. The highest BCUT2D eigenvalue weighted by atomic mass is 14.9. The molecule has 0 spiro atoms. The van der Waals surface area contributed by atoms with Gasteiger partial charge in [0, 0.05) is 22.1 Å². The van der Waals surface area contributed by atoms with Crippen molar-refractivity contribution < 1.29 is 0 Å². The molecule has 1 aromatic heterocycles. The van der Waals surface area contributed by atoms with Crippen molar-refractivity contribution in [3.63, 3.8) is 0 Å². The summed E-state index contributed by atoms with van der Waals surface area (Å²) in [6.07, 6.45) is 0. The van der Waals surface area contributed by atoms with E-state index in [-0.39, 0.29) is 5.41 Å². The molecule has 1 aliphatic rings. The van der Waals surface area contributed by atoms with E-state index in [0.29, 0.717) is 5.82 Å². The maximum Gasteiger partial charge on any atom is 0.160 e. The van der Waals surface area contributed by atoms with Gasteiger partial charge in [0.1, 0.15) is 0 Å². The van der Waals surface area contributed by atoms with Gasteiger partial charge >= 0.3 is 0 Å². The Morgan fingerprint density at radius 2 is 0.906 bits per heavy atom. The van der Waals surface area contributed by atoms with E-state index < -0.39 is 0 Å². The van der Waals surface area contributed by atoms with Crippen LogP contribution in [0.15, 0.2) is 182 Å².